The lowest BCUT2D eigenvalue weighted by molar-refractivity contribution is -0.141. The molecule has 0 saturated carbocycles. The Kier molecular flexibility index (Phi) is 5.96. The summed E-state index contributed by atoms with van der Waals surface area (Å²) in [5.41, 5.74) is 0.00953. The fourth-order valence-electron chi connectivity index (χ4n) is 3.62. The van der Waals surface area contributed by atoms with Crippen molar-refractivity contribution >= 4 is 17.8 Å². The molecule has 0 radical (unpaired) electrons. The van der Waals surface area contributed by atoms with Crippen LogP contribution in [0.15, 0.2) is 41.7 Å². The van der Waals surface area contributed by atoms with Gasteiger partial charge in [0.15, 0.2) is 17.6 Å². The van der Waals surface area contributed by atoms with Gasteiger partial charge in [0.05, 0.1) is 6.04 Å². The second kappa shape index (κ2) is 8.27. The van der Waals surface area contributed by atoms with Crippen LogP contribution < -0.4 is 0 Å². The Morgan fingerprint density at radius 1 is 1.24 bits per heavy atom. The van der Waals surface area contributed by atoms with Gasteiger partial charge in [-0.1, -0.05) is 30.3 Å². The highest BCUT2D eigenvalue weighted by Gasteiger charge is 2.45. The van der Waals surface area contributed by atoms with E-state index in [1.54, 1.807) is 20.8 Å². The number of hydrogen-bond donors (Lipinski definition) is 1. The second-order valence-electron chi connectivity index (χ2n) is 8.37. The van der Waals surface area contributed by atoms with Gasteiger partial charge in [-0.3, -0.25) is 9.69 Å². The molecular formula is C22H27NO6. The van der Waals surface area contributed by atoms with Crippen molar-refractivity contribution < 1.29 is 29.0 Å². The van der Waals surface area contributed by atoms with Crippen LogP contribution in [0.25, 0.3) is 0 Å². The van der Waals surface area contributed by atoms with Crippen molar-refractivity contribution in [2.45, 2.75) is 64.2 Å². The number of amides is 1. The number of cyclic esters (lactones) is 1. The van der Waals surface area contributed by atoms with Crippen LogP contribution in [0, 0.1) is 0 Å². The second-order valence-corrected chi connectivity index (χ2v) is 8.37. The zero-order valence-electron chi connectivity index (χ0n) is 17.0. The van der Waals surface area contributed by atoms with E-state index >= 15 is 0 Å². The van der Waals surface area contributed by atoms with Gasteiger partial charge in [-0.15, -0.1) is 0 Å². The van der Waals surface area contributed by atoms with E-state index in [9.17, 15) is 19.5 Å². The Hall–Kier alpha value is -2.83. The van der Waals surface area contributed by atoms with E-state index in [1.807, 2.05) is 30.3 Å². The number of esters is 1. The highest BCUT2D eigenvalue weighted by Crippen LogP contribution is 2.30. The number of likely N-dealkylation sites (tertiary alicyclic amines) is 1. The molecule has 1 saturated heterocycles. The monoisotopic (exact) mass is 401 g/mol. The standard InChI is InChI=1S/C22H27NO6/c1-22(2,3)29-21(27)23-13-7-10-15(23)18(24)17-19(25)16(28-20(17)26)12-11-14-8-5-4-6-9-14/h4-6,8-9,15-16,25H,7,10-13H2,1-3H3/t15-,16+/m0/s1. The summed E-state index contributed by atoms with van der Waals surface area (Å²) in [4.78, 5) is 39.1. The van der Waals surface area contributed by atoms with E-state index in [2.05, 4.69) is 0 Å². The Labute approximate surface area is 170 Å². The Morgan fingerprint density at radius 3 is 2.59 bits per heavy atom. The molecule has 1 amide bonds. The predicted molar refractivity (Wildman–Crippen MR) is 105 cm³/mol. The van der Waals surface area contributed by atoms with E-state index < -0.39 is 35.6 Å². The molecule has 156 valence electrons. The number of hydrogen-bond acceptors (Lipinski definition) is 6. The van der Waals surface area contributed by atoms with Crippen molar-refractivity contribution in [1.29, 1.82) is 0 Å². The number of aliphatic hydroxyl groups excluding tert-OH is 1. The van der Waals surface area contributed by atoms with Gasteiger partial charge >= 0.3 is 12.1 Å². The average molecular weight is 401 g/mol. The zero-order valence-corrected chi connectivity index (χ0v) is 17.0. The minimum Gasteiger partial charge on any atom is -0.507 e. The number of aryl methyl sites for hydroxylation is 1. The molecule has 1 fully saturated rings. The first-order chi connectivity index (χ1) is 13.7. The summed E-state index contributed by atoms with van der Waals surface area (Å²) in [5.74, 6) is -1.76. The molecule has 29 heavy (non-hydrogen) atoms. The van der Waals surface area contributed by atoms with Crippen LogP contribution in [0.1, 0.15) is 45.6 Å². The predicted octanol–water partition coefficient (Wildman–Crippen LogP) is 3.33. The summed E-state index contributed by atoms with van der Waals surface area (Å²) in [6.07, 6.45) is 0.558. The lowest BCUT2D eigenvalue weighted by Gasteiger charge is -2.27. The lowest BCUT2D eigenvalue weighted by atomic mass is 9.99. The number of ketones is 1. The first-order valence-corrected chi connectivity index (χ1v) is 9.89. The highest BCUT2D eigenvalue weighted by atomic mass is 16.6. The van der Waals surface area contributed by atoms with Gasteiger partial charge in [-0.05, 0) is 52.0 Å². The van der Waals surface area contributed by atoms with Gasteiger partial charge in [-0.25, -0.2) is 9.59 Å². The van der Waals surface area contributed by atoms with Crippen molar-refractivity contribution in [3.63, 3.8) is 0 Å². The first-order valence-electron chi connectivity index (χ1n) is 9.89. The maximum atomic E-state index is 13.0. The molecule has 0 bridgehead atoms. The van der Waals surface area contributed by atoms with Gasteiger partial charge in [0.1, 0.15) is 11.2 Å². The Morgan fingerprint density at radius 2 is 1.93 bits per heavy atom. The molecule has 0 spiro atoms. The topological polar surface area (TPSA) is 93.1 Å². The molecule has 2 aliphatic rings. The molecule has 1 aromatic carbocycles. The van der Waals surface area contributed by atoms with Crippen LogP contribution in [0.4, 0.5) is 4.79 Å². The zero-order chi connectivity index (χ0) is 21.2. The fourth-order valence-corrected chi connectivity index (χ4v) is 3.62. The molecule has 3 rings (SSSR count). The third-order valence-corrected chi connectivity index (χ3v) is 4.98. The van der Waals surface area contributed by atoms with E-state index in [4.69, 9.17) is 9.47 Å². The van der Waals surface area contributed by atoms with E-state index in [0.717, 1.165) is 5.56 Å². The summed E-state index contributed by atoms with van der Waals surface area (Å²) in [6.45, 7) is 5.61. The van der Waals surface area contributed by atoms with Crippen LogP contribution in [0.2, 0.25) is 0 Å². The number of ether oxygens (including phenoxy) is 2. The maximum absolute atomic E-state index is 13.0. The van der Waals surface area contributed by atoms with E-state index in [0.29, 0.717) is 32.2 Å². The molecule has 2 heterocycles. The number of carbonyl (C=O) groups is 3. The van der Waals surface area contributed by atoms with Gasteiger partial charge < -0.3 is 14.6 Å². The quantitative estimate of drug-likeness (QED) is 0.601. The van der Waals surface area contributed by atoms with Crippen molar-refractivity contribution in [2.75, 3.05) is 6.54 Å². The molecule has 0 aliphatic carbocycles. The molecule has 7 nitrogen and oxygen atoms in total. The number of rotatable bonds is 5. The van der Waals surface area contributed by atoms with Crippen molar-refractivity contribution in [3.05, 3.63) is 47.2 Å². The lowest BCUT2D eigenvalue weighted by Crippen LogP contribution is -2.44. The van der Waals surface area contributed by atoms with Crippen LogP contribution in [0.5, 0.6) is 0 Å². The number of nitrogens with zero attached hydrogens (tertiary/aromatic N) is 1. The first kappa shape index (κ1) is 20.9. The third kappa shape index (κ3) is 4.78. The Balaban J connectivity index is 1.72. The molecule has 1 N–H and O–H groups in total. The van der Waals surface area contributed by atoms with E-state index in [1.165, 1.54) is 4.90 Å². The summed E-state index contributed by atoms with van der Waals surface area (Å²) in [6, 6.07) is 8.78. The largest absolute Gasteiger partial charge is 0.507 e. The minimum absolute atomic E-state index is 0.341. The van der Waals surface area contributed by atoms with Crippen LogP contribution in [0.3, 0.4) is 0 Å². The average Bonchev–Trinajstić information content (AvgIpc) is 3.24. The third-order valence-electron chi connectivity index (χ3n) is 4.98. The number of aliphatic hydroxyl groups is 1. The molecule has 0 unspecified atom stereocenters. The summed E-state index contributed by atoms with van der Waals surface area (Å²) in [7, 11) is 0. The van der Waals surface area contributed by atoms with Gasteiger partial charge in [0.2, 0.25) is 0 Å². The van der Waals surface area contributed by atoms with Crippen LogP contribution >= 0.6 is 0 Å². The summed E-state index contributed by atoms with van der Waals surface area (Å²) < 4.78 is 10.6. The molecule has 0 aromatic heterocycles. The van der Waals surface area contributed by atoms with E-state index in [-0.39, 0.29) is 11.3 Å². The highest BCUT2D eigenvalue weighted by molar-refractivity contribution is 6.21. The molecule has 2 aliphatic heterocycles. The van der Waals surface area contributed by atoms with Gasteiger partial charge in [0, 0.05) is 6.54 Å². The van der Waals surface area contributed by atoms with Crippen molar-refractivity contribution in [1.82, 2.24) is 4.90 Å². The van der Waals surface area contributed by atoms with Gasteiger partial charge in [0.25, 0.3) is 0 Å². The molecular weight excluding hydrogens is 374 g/mol. The van der Waals surface area contributed by atoms with Gasteiger partial charge in [-0.2, -0.15) is 0 Å². The number of carbonyl (C=O) groups excluding carboxylic acids is 3. The molecule has 7 heteroatoms. The maximum Gasteiger partial charge on any atom is 0.410 e. The van der Waals surface area contributed by atoms with Crippen molar-refractivity contribution in [2.24, 2.45) is 0 Å². The SMILES string of the molecule is CC(C)(C)OC(=O)N1CCC[C@H]1C(=O)C1=C(O)[C@@H](CCc2ccccc2)OC1=O. The normalized spacial score (nSPS) is 22.0. The Bertz CT molecular complexity index is 823. The molecule has 2 atom stereocenters. The number of Topliss-reactive ketones (excluding diaryl/α,β-unsaturated/α-hetero) is 1. The molecule has 1 aromatic rings. The summed E-state index contributed by atoms with van der Waals surface area (Å²) >= 11 is 0. The summed E-state index contributed by atoms with van der Waals surface area (Å²) in [5, 5.41) is 10.5. The fraction of sp³-hybridized carbons (Fsp3) is 0.500. The van der Waals surface area contributed by atoms with Crippen LogP contribution in [-0.4, -0.2) is 52.1 Å². The minimum atomic E-state index is -0.849. The van der Waals surface area contributed by atoms with Crippen LogP contribution in [-0.2, 0) is 25.5 Å². The number of benzene rings is 1. The smallest absolute Gasteiger partial charge is 0.410 e. The van der Waals surface area contributed by atoms with Crippen molar-refractivity contribution in [3.8, 4) is 0 Å².